The first-order valence-corrected chi connectivity index (χ1v) is 8.97. The summed E-state index contributed by atoms with van der Waals surface area (Å²) in [6, 6.07) is 10.7. The number of aromatic amines is 1. The second-order valence-corrected chi connectivity index (χ2v) is 6.74. The number of halogens is 3. The maximum Gasteiger partial charge on any atom is 0.416 e. The number of imidazole rings is 1. The Bertz CT molecular complexity index is 1260. The van der Waals surface area contributed by atoms with Gasteiger partial charge in [-0.25, -0.2) is 14.4 Å². The highest BCUT2D eigenvalue weighted by atomic mass is 19.4. The number of aliphatic imine (C=N–C) groups is 1. The summed E-state index contributed by atoms with van der Waals surface area (Å²) in [7, 11) is 1.42. The van der Waals surface area contributed by atoms with Crippen LogP contribution < -0.4 is 21.5 Å². The van der Waals surface area contributed by atoms with Crippen LogP contribution in [0.1, 0.15) is 16.8 Å². The fraction of sp³-hybridized carbons (Fsp3) is 0.150. The van der Waals surface area contributed by atoms with Crippen molar-refractivity contribution in [3.05, 3.63) is 75.8 Å². The van der Waals surface area contributed by atoms with Crippen molar-refractivity contribution in [2.75, 3.05) is 12.4 Å². The molecule has 1 unspecified atom stereocenters. The number of nitrogens with two attached hydrogens (primary N) is 1. The second kappa shape index (κ2) is 7.04. The summed E-state index contributed by atoms with van der Waals surface area (Å²) >= 11 is 0. The Morgan fingerprint density at radius 3 is 2.61 bits per heavy atom. The molecular weight excluding hydrogens is 415 g/mol. The molecule has 0 bridgehead atoms. The molecule has 1 atom stereocenters. The normalized spacial score (nSPS) is 17.7. The van der Waals surface area contributed by atoms with Crippen LogP contribution in [-0.2, 0) is 16.6 Å². The standard InChI is InChI=1S/C20H16F3N5O3/c1-31-15-8-3-2-7-14(15)28-16-13(26-18(28)30)10-25-19(27-16,17(24)29)11-5-4-6-12(9-11)20(21,22)23/h2-10,27H,1H3,(H2,24,29)(H,26,30). The van der Waals surface area contributed by atoms with Gasteiger partial charge in [-0.3, -0.25) is 4.79 Å². The van der Waals surface area contributed by atoms with Gasteiger partial charge in [0.25, 0.3) is 5.91 Å². The number of anilines is 1. The largest absolute Gasteiger partial charge is 0.495 e. The average molecular weight is 431 g/mol. The number of methoxy groups -OCH3 is 1. The van der Waals surface area contributed by atoms with Gasteiger partial charge in [0.1, 0.15) is 17.3 Å². The third kappa shape index (κ3) is 3.23. The van der Waals surface area contributed by atoms with Gasteiger partial charge < -0.3 is 20.8 Å². The first-order chi connectivity index (χ1) is 14.7. The first-order valence-electron chi connectivity index (χ1n) is 8.97. The molecule has 0 fully saturated rings. The van der Waals surface area contributed by atoms with E-state index >= 15 is 0 Å². The zero-order valence-corrected chi connectivity index (χ0v) is 16.0. The molecule has 0 spiro atoms. The van der Waals surface area contributed by atoms with E-state index in [1.807, 2.05) is 0 Å². The molecule has 4 N–H and O–H groups in total. The molecule has 0 saturated heterocycles. The number of fused-ring (bicyclic) bond motifs is 1. The fourth-order valence-electron chi connectivity index (χ4n) is 3.41. The van der Waals surface area contributed by atoms with Gasteiger partial charge in [-0.15, -0.1) is 0 Å². The molecule has 11 heteroatoms. The summed E-state index contributed by atoms with van der Waals surface area (Å²) in [4.78, 5) is 31.8. The second-order valence-electron chi connectivity index (χ2n) is 6.74. The number of H-pyrrole nitrogens is 1. The van der Waals surface area contributed by atoms with Crippen LogP contribution >= 0.6 is 0 Å². The summed E-state index contributed by atoms with van der Waals surface area (Å²) in [6.07, 6.45) is -3.45. The number of para-hydroxylation sites is 2. The maximum atomic E-state index is 13.2. The van der Waals surface area contributed by atoms with E-state index in [-0.39, 0.29) is 17.1 Å². The molecule has 1 aliphatic rings. The summed E-state index contributed by atoms with van der Waals surface area (Å²) in [5.74, 6) is -0.589. The van der Waals surface area contributed by atoms with Crippen molar-refractivity contribution in [1.82, 2.24) is 9.55 Å². The highest BCUT2D eigenvalue weighted by Gasteiger charge is 2.43. The predicted molar refractivity (Wildman–Crippen MR) is 106 cm³/mol. The fourth-order valence-corrected chi connectivity index (χ4v) is 3.41. The van der Waals surface area contributed by atoms with Crippen molar-refractivity contribution in [3.63, 3.8) is 0 Å². The van der Waals surface area contributed by atoms with E-state index in [4.69, 9.17) is 10.5 Å². The van der Waals surface area contributed by atoms with Crippen molar-refractivity contribution in [2.45, 2.75) is 11.8 Å². The minimum atomic E-state index is -4.63. The molecule has 4 rings (SSSR count). The number of benzene rings is 2. The zero-order chi connectivity index (χ0) is 22.4. The van der Waals surface area contributed by atoms with E-state index in [2.05, 4.69) is 15.3 Å². The number of ether oxygens (including phenoxy) is 1. The van der Waals surface area contributed by atoms with E-state index in [1.54, 1.807) is 24.3 Å². The monoisotopic (exact) mass is 431 g/mol. The van der Waals surface area contributed by atoms with Gasteiger partial charge >= 0.3 is 11.9 Å². The number of hydrogen-bond acceptors (Lipinski definition) is 5. The Labute approximate surface area is 173 Å². The van der Waals surface area contributed by atoms with Gasteiger partial charge in [0.05, 0.1) is 24.6 Å². The number of nitrogens with one attached hydrogen (secondary N) is 2. The lowest BCUT2D eigenvalue weighted by atomic mass is 9.95. The van der Waals surface area contributed by atoms with Gasteiger partial charge in [-0.05, 0) is 24.3 Å². The number of carbonyl (C=O) groups excluding carboxylic acids is 1. The maximum absolute atomic E-state index is 13.2. The first kappa shape index (κ1) is 20.3. The van der Waals surface area contributed by atoms with E-state index in [1.165, 1.54) is 24.0 Å². The Hall–Kier alpha value is -4.02. The van der Waals surface area contributed by atoms with E-state index in [0.29, 0.717) is 11.4 Å². The van der Waals surface area contributed by atoms with Gasteiger partial charge in [0.15, 0.2) is 0 Å². The minimum Gasteiger partial charge on any atom is -0.495 e. The molecule has 31 heavy (non-hydrogen) atoms. The Balaban J connectivity index is 1.91. The quantitative estimate of drug-likeness (QED) is 0.588. The number of alkyl halides is 3. The van der Waals surface area contributed by atoms with Gasteiger partial charge in [-0.1, -0.05) is 24.3 Å². The number of rotatable bonds is 4. The summed E-state index contributed by atoms with van der Waals surface area (Å²) in [6.45, 7) is 0. The van der Waals surface area contributed by atoms with Gasteiger partial charge in [-0.2, -0.15) is 13.2 Å². The topological polar surface area (TPSA) is 114 Å². The van der Waals surface area contributed by atoms with Crippen LogP contribution in [0.2, 0.25) is 0 Å². The molecule has 160 valence electrons. The van der Waals surface area contributed by atoms with Crippen LogP contribution in [0.3, 0.4) is 0 Å². The molecular formula is C20H16F3N5O3. The van der Waals surface area contributed by atoms with Crippen molar-refractivity contribution < 1.29 is 22.7 Å². The van der Waals surface area contributed by atoms with Crippen LogP contribution in [0.15, 0.2) is 58.3 Å². The third-order valence-electron chi connectivity index (χ3n) is 4.90. The number of aromatic nitrogens is 2. The molecule has 0 saturated carbocycles. The number of hydrogen-bond donors (Lipinski definition) is 3. The smallest absolute Gasteiger partial charge is 0.416 e. The molecule has 8 nitrogen and oxygen atoms in total. The average Bonchev–Trinajstić information content (AvgIpc) is 3.07. The lowest BCUT2D eigenvalue weighted by molar-refractivity contribution is -0.137. The lowest BCUT2D eigenvalue weighted by Gasteiger charge is -2.32. The van der Waals surface area contributed by atoms with Crippen LogP contribution in [0.4, 0.5) is 19.0 Å². The zero-order valence-electron chi connectivity index (χ0n) is 16.0. The molecule has 1 aliphatic heterocycles. The van der Waals surface area contributed by atoms with Crippen molar-refractivity contribution in [3.8, 4) is 11.4 Å². The highest BCUT2D eigenvalue weighted by molar-refractivity contribution is 5.97. The van der Waals surface area contributed by atoms with Crippen molar-refractivity contribution in [2.24, 2.45) is 10.7 Å². The molecule has 1 aromatic heterocycles. The lowest BCUT2D eigenvalue weighted by Crippen LogP contribution is -2.48. The number of nitrogens with zero attached hydrogens (tertiary/aromatic N) is 2. The molecule has 1 amide bonds. The Morgan fingerprint density at radius 1 is 1.19 bits per heavy atom. The van der Waals surface area contributed by atoms with E-state index < -0.39 is 29.0 Å². The third-order valence-corrected chi connectivity index (χ3v) is 4.90. The van der Waals surface area contributed by atoms with Gasteiger partial charge in [0.2, 0.25) is 5.66 Å². The van der Waals surface area contributed by atoms with Crippen molar-refractivity contribution >= 4 is 17.9 Å². The predicted octanol–water partition coefficient (Wildman–Crippen LogP) is 2.38. The van der Waals surface area contributed by atoms with Gasteiger partial charge in [0, 0.05) is 5.56 Å². The molecule has 2 heterocycles. The summed E-state index contributed by atoms with van der Waals surface area (Å²) < 4.78 is 46.2. The number of carbonyl (C=O) groups is 1. The number of primary amides is 1. The molecule has 0 aliphatic carbocycles. The van der Waals surface area contributed by atoms with Crippen LogP contribution in [0, 0.1) is 0 Å². The Kier molecular flexibility index (Phi) is 4.60. The molecule has 2 aromatic carbocycles. The van der Waals surface area contributed by atoms with Crippen LogP contribution in [-0.4, -0.2) is 28.8 Å². The molecule has 3 aromatic rings. The Morgan fingerprint density at radius 2 is 1.94 bits per heavy atom. The van der Waals surface area contributed by atoms with Crippen LogP contribution in [0.25, 0.3) is 5.69 Å². The summed E-state index contributed by atoms with van der Waals surface area (Å²) in [5, 5.41) is 2.78. The molecule has 0 radical (unpaired) electrons. The summed E-state index contributed by atoms with van der Waals surface area (Å²) in [5.41, 5.74) is 2.42. The van der Waals surface area contributed by atoms with Crippen molar-refractivity contribution in [1.29, 1.82) is 0 Å². The number of amides is 1. The highest BCUT2D eigenvalue weighted by Crippen LogP contribution is 2.37. The van der Waals surface area contributed by atoms with E-state index in [0.717, 1.165) is 18.2 Å². The van der Waals surface area contributed by atoms with Crippen LogP contribution in [0.5, 0.6) is 5.75 Å². The van der Waals surface area contributed by atoms with E-state index in [9.17, 15) is 22.8 Å². The minimum absolute atomic E-state index is 0.0979. The SMILES string of the molecule is COc1ccccc1-n1c2c([nH]c1=O)C=NC(C(N)=O)(c1cccc(C(F)(F)F)c1)N2.